The van der Waals surface area contributed by atoms with Crippen LogP contribution in [0.5, 0.6) is 0 Å². The van der Waals surface area contributed by atoms with E-state index < -0.39 is 34.5 Å². The largest absolute Gasteiger partial charge is 0.481 e. The lowest BCUT2D eigenvalue weighted by atomic mass is 9.89. The van der Waals surface area contributed by atoms with Crippen molar-refractivity contribution in [2.75, 3.05) is 0 Å². The summed E-state index contributed by atoms with van der Waals surface area (Å²) in [7, 11) is 0. The number of carboxylic acids is 1. The molecule has 1 aliphatic rings. The Morgan fingerprint density at radius 1 is 1.13 bits per heavy atom. The van der Waals surface area contributed by atoms with Gasteiger partial charge in [-0.2, -0.15) is 18.3 Å². The molecule has 0 fully saturated rings. The molecule has 0 unspecified atom stereocenters. The fraction of sp³-hybridized carbons (Fsp3) is 0.273. The third-order valence-electron chi connectivity index (χ3n) is 5.57. The van der Waals surface area contributed by atoms with Crippen LogP contribution in [0.25, 0.3) is 22.3 Å². The molecule has 4 rings (SSSR count). The van der Waals surface area contributed by atoms with Crippen molar-refractivity contribution < 1.29 is 32.6 Å². The number of aliphatic hydroxyl groups is 1. The molecule has 0 spiro atoms. The van der Waals surface area contributed by atoms with Gasteiger partial charge in [-0.05, 0) is 42.7 Å². The number of rotatable bonds is 4. The Balaban J connectivity index is 1.92. The number of hydrogen-bond acceptors (Lipinski definition) is 3. The zero-order valence-corrected chi connectivity index (χ0v) is 16.5. The number of nitrogens with zero attached hydrogens (tertiary/aromatic N) is 2. The average Bonchev–Trinajstić information content (AvgIpc) is 3.23. The lowest BCUT2D eigenvalue weighted by Crippen LogP contribution is -2.41. The van der Waals surface area contributed by atoms with Crippen LogP contribution >= 0.6 is 0 Å². The third kappa shape index (κ3) is 3.11. The average molecular weight is 434 g/mol. The molecule has 1 aliphatic carbocycles. The number of hydrogen-bond donors (Lipinski definition) is 2. The fourth-order valence-electron chi connectivity index (χ4n) is 3.94. The lowest BCUT2D eigenvalue weighted by molar-refractivity contribution is -0.246. The summed E-state index contributed by atoms with van der Waals surface area (Å²) in [6.07, 6.45) is -2.29. The number of aromatic nitrogens is 2. The zero-order chi connectivity index (χ0) is 22.8. The van der Waals surface area contributed by atoms with Gasteiger partial charge in [-0.25, -0.2) is 4.39 Å². The number of carbonyl (C=O) groups is 1. The van der Waals surface area contributed by atoms with Gasteiger partial charge >= 0.3 is 12.1 Å². The molecule has 0 aliphatic heterocycles. The minimum Gasteiger partial charge on any atom is -0.481 e. The van der Waals surface area contributed by atoms with E-state index in [9.17, 15) is 32.6 Å². The molecule has 1 atom stereocenters. The van der Waals surface area contributed by atoms with Crippen LogP contribution in [0.4, 0.5) is 17.6 Å². The SMILES string of the molecule is CC(C)(Cn1cc(-c2cc(F)cc3c2-c2ccccc2[C@]3(O)C(F)(F)F)cn1)C(=O)O. The van der Waals surface area contributed by atoms with E-state index in [0.717, 1.165) is 6.07 Å². The molecule has 0 saturated carbocycles. The molecule has 0 amide bonds. The van der Waals surface area contributed by atoms with Crippen LogP contribution in [-0.4, -0.2) is 32.1 Å². The van der Waals surface area contributed by atoms with Crippen LogP contribution in [0.2, 0.25) is 0 Å². The lowest BCUT2D eigenvalue weighted by Gasteiger charge is -2.28. The van der Waals surface area contributed by atoms with Crippen LogP contribution in [0.1, 0.15) is 25.0 Å². The smallest absolute Gasteiger partial charge is 0.425 e. The van der Waals surface area contributed by atoms with Crippen LogP contribution in [0.15, 0.2) is 48.8 Å². The van der Waals surface area contributed by atoms with Crippen LogP contribution < -0.4 is 0 Å². The molecule has 162 valence electrons. The number of alkyl halides is 3. The van der Waals surface area contributed by atoms with E-state index >= 15 is 0 Å². The molecule has 31 heavy (non-hydrogen) atoms. The molecule has 5 nitrogen and oxygen atoms in total. The summed E-state index contributed by atoms with van der Waals surface area (Å²) in [5, 5.41) is 24.2. The predicted molar refractivity (Wildman–Crippen MR) is 104 cm³/mol. The first-order valence-electron chi connectivity index (χ1n) is 9.35. The van der Waals surface area contributed by atoms with Gasteiger partial charge in [0.25, 0.3) is 0 Å². The van der Waals surface area contributed by atoms with E-state index in [1.54, 1.807) is 0 Å². The Morgan fingerprint density at radius 3 is 2.45 bits per heavy atom. The molecule has 0 bridgehead atoms. The Morgan fingerprint density at radius 2 is 1.81 bits per heavy atom. The molecular formula is C22H18F4N2O3. The molecule has 0 radical (unpaired) electrons. The van der Waals surface area contributed by atoms with Crippen molar-refractivity contribution in [3.8, 4) is 22.3 Å². The normalized spacial score (nSPS) is 18.0. The highest BCUT2D eigenvalue weighted by atomic mass is 19.4. The first-order valence-corrected chi connectivity index (χ1v) is 9.35. The van der Waals surface area contributed by atoms with Gasteiger partial charge in [0.2, 0.25) is 5.60 Å². The highest BCUT2D eigenvalue weighted by Gasteiger charge is 2.61. The van der Waals surface area contributed by atoms with Crippen molar-refractivity contribution >= 4 is 5.97 Å². The minimum atomic E-state index is -5.07. The molecule has 1 aromatic heterocycles. The van der Waals surface area contributed by atoms with E-state index in [1.807, 2.05) is 0 Å². The number of benzene rings is 2. The van der Waals surface area contributed by atoms with Crippen molar-refractivity contribution in [2.24, 2.45) is 5.41 Å². The molecular weight excluding hydrogens is 416 g/mol. The van der Waals surface area contributed by atoms with Crippen LogP contribution in [-0.2, 0) is 16.9 Å². The monoisotopic (exact) mass is 434 g/mol. The highest BCUT2D eigenvalue weighted by molar-refractivity contribution is 5.92. The van der Waals surface area contributed by atoms with Gasteiger partial charge in [-0.1, -0.05) is 24.3 Å². The third-order valence-corrected chi connectivity index (χ3v) is 5.57. The van der Waals surface area contributed by atoms with Gasteiger partial charge in [0.1, 0.15) is 5.82 Å². The summed E-state index contributed by atoms with van der Waals surface area (Å²) < 4.78 is 57.8. The molecule has 3 aromatic rings. The fourth-order valence-corrected chi connectivity index (χ4v) is 3.94. The van der Waals surface area contributed by atoms with Gasteiger partial charge in [0.05, 0.1) is 18.2 Å². The molecule has 1 heterocycles. The van der Waals surface area contributed by atoms with Gasteiger partial charge in [0.15, 0.2) is 0 Å². The second kappa shape index (κ2) is 6.65. The Labute approximate surface area is 174 Å². The quantitative estimate of drug-likeness (QED) is 0.590. The van der Waals surface area contributed by atoms with Crippen molar-refractivity contribution in [3.05, 3.63) is 65.7 Å². The van der Waals surface area contributed by atoms with Crippen molar-refractivity contribution in [2.45, 2.75) is 32.2 Å². The standard InChI is InChI=1S/C22H18F4N2O3/c1-20(2,19(29)30)11-28-10-12(9-27-28)15-7-13(23)8-17-18(15)14-5-3-4-6-16(14)21(17,31)22(24,25)26/h3-10,31H,11H2,1-2H3,(H,29,30)/t21-/m1/s1. The van der Waals surface area contributed by atoms with E-state index in [0.29, 0.717) is 11.6 Å². The summed E-state index contributed by atoms with van der Waals surface area (Å²) in [5.74, 6) is -1.98. The van der Waals surface area contributed by atoms with Crippen LogP contribution in [0.3, 0.4) is 0 Å². The molecule has 9 heteroatoms. The van der Waals surface area contributed by atoms with E-state index in [4.69, 9.17) is 0 Å². The second-order valence-corrected chi connectivity index (χ2v) is 8.25. The van der Waals surface area contributed by atoms with E-state index in [2.05, 4.69) is 5.10 Å². The Hall–Kier alpha value is -3.20. The van der Waals surface area contributed by atoms with Crippen LogP contribution in [0, 0.1) is 11.2 Å². The summed E-state index contributed by atoms with van der Waals surface area (Å²) >= 11 is 0. The van der Waals surface area contributed by atoms with Gasteiger partial charge in [-0.15, -0.1) is 0 Å². The summed E-state index contributed by atoms with van der Waals surface area (Å²) in [6.45, 7) is 3.02. The second-order valence-electron chi connectivity index (χ2n) is 8.25. The van der Waals surface area contributed by atoms with Crippen molar-refractivity contribution in [1.82, 2.24) is 9.78 Å². The summed E-state index contributed by atoms with van der Waals surface area (Å²) in [6, 6.07) is 7.31. The van der Waals surface area contributed by atoms with Crippen molar-refractivity contribution in [1.29, 1.82) is 0 Å². The maximum absolute atomic E-state index is 14.5. The molecule has 2 aromatic carbocycles. The molecule has 0 saturated heterocycles. The highest BCUT2D eigenvalue weighted by Crippen LogP contribution is 2.57. The minimum absolute atomic E-state index is 0.00289. The number of fused-ring (bicyclic) bond motifs is 3. The van der Waals surface area contributed by atoms with Gasteiger partial charge in [-0.3, -0.25) is 9.48 Å². The topological polar surface area (TPSA) is 75.3 Å². The maximum Gasteiger partial charge on any atom is 0.425 e. The van der Waals surface area contributed by atoms with Gasteiger partial charge in [0, 0.05) is 22.9 Å². The van der Waals surface area contributed by atoms with Gasteiger partial charge < -0.3 is 10.2 Å². The zero-order valence-electron chi connectivity index (χ0n) is 16.5. The summed E-state index contributed by atoms with van der Waals surface area (Å²) in [4.78, 5) is 11.4. The maximum atomic E-state index is 14.5. The first-order chi connectivity index (χ1) is 14.4. The molecule has 2 N–H and O–H groups in total. The first kappa shape index (κ1) is 21.0. The van der Waals surface area contributed by atoms with E-state index in [1.165, 1.54) is 55.2 Å². The number of carboxylic acid groups (broad SMARTS) is 1. The Kier molecular flexibility index (Phi) is 4.51. The van der Waals surface area contributed by atoms with E-state index in [-0.39, 0.29) is 28.8 Å². The number of aliphatic carboxylic acids is 1. The Bertz CT molecular complexity index is 1200. The predicted octanol–water partition coefficient (Wildman–Crippen LogP) is 4.58. The van der Waals surface area contributed by atoms with Crippen molar-refractivity contribution in [3.63, 3.8) is 0 Å². The number of halogens is 4. The summed E-state index contributed by atoms with van der Waals surface area (Å²) in [5.41, 5.74) is -4.81.